The van der Waals surface area contributed by atoms with Crippen LogP contribution >= 0.6 is 11.6 Å². The van der Waals surface area contributed by atoms with Gasteiger partial charge in [-0.3, -0.25) is 14.2 Å². The molecule has 0 fully saturated rings. The Morgan fingerprint density at radius 1 is 1.19 bits per heavy atom. The van der Waals surface area contributed by atoms with E-state index in [0.29, 0.717) is 33.3 Å². The van der Waals surface area contributed by atoms with E-state index in [1.165, 1.54) is 29.1 Å². The Kier molecular flexibility index (Phi) is 6.13. The van der Waals surface area contributed by atoms with E-state index in [0.717, 1.165) is 0 Å². The Morgan fingerprint density at radius 2 is 1.94 bits per heavy atom. The van der Waals surface area contributed by atoms with Gasteiger partial charge in [-0.15, -0.1) is 0 Å². The Bertz CT molecular complexity index is 1330. The highest BCUT2D eigenvalue weighted by Crippen LogP contribution is 2.30. The van der Waals surface area contributed by atoms with E-state index in [2.05, 4.69) is 15.5 Å². The van der Waals surface area contributed by atoms with Gasteiger partial charge in [-0.05, 0) is 37.3 Å². The predicted octanol–water partition coefficient (Wildman–Crippen LogP) is 4.10. The SMILES string of the molecule is Cc1onc(-c2ccccc2Cl)c1C(=O)NCCn1cnc(-c2ccc(F)cc2)cc1=O. The van der Waals surface area contributed by atoms with E-state index >= 15 is 0 Å². The fraction of sp³-hybridized carbons (Fsp3) is 0.130. The van der Waals surface area contributed by atoms with Crippen LogP contribution in [0.1, 0.15) is 16.1 Å². The van der Waals surface area contributed by atoms with Crippen molar-refractivity contribution < 1.29 is 13.7 Å². The quantitative estimate of drug-likeness (QED) is 0.475. The Hall–Kier alpha value is -3.78. The van der Waals surface area contributed by atoms with E-state index < -0.39 is 0 Å². The molecule has 0 radical (unpaired) electrons. The summed E-state index contributed by atoms with van der Waals surface area (Å²) in [4.78, 5) is 29.5. The van der Waals surface area contributed by atoms with Crippen molar-refractivity contribution in [2.24, 2.45) is 0 Å². The summed E-state index contributed by atoms with van der Waals surface area (Å²) in [6, 6.07) is 14.1. The molecule has 9 heteroatoms. The molecule has 2 heterocycles. The lowest BCUT2D eigenvalue weighted by molar-refractivity contribution is 0.0951. The second kappa shape index (κ2) is 9.15. The zero-order valence-corrected chi connectivity index (χ0v) is 17.8. The van der Waals surface area contributed by atoms with Crippen molar-refractivity contribution in [1.29, 1.82) is 0 Å². The number of halogens is 2. The Balaban J connectivity index is 1.45. The molecule has 2 aromatic carbocycles. The van der Waals surface area contributed by atoms with E-state index in [-0.39, 0.29) is 35.9 Å². The minimum absolute atomic E-state index is 0.183. The van der Waals surface area contributed by atoms with Crippen LogP contribution in [0.5, 0.6) is 0 Å². The summed E-state index contributed by atoms with van der Waals surface area (Å²) < 4.78 is 19.7. The van der Waals surface area contributed by atoms with Crippen LogP contribution in [0.25, 0.3) is 22.5 Å². The van der Waals surface area contributed by atoms with Gasteiger partial charge >= 0.3 is 0 Å². The molecule has 1 amide bonds. The van der Waals surface area contributed by atoms with Crippen LogP contribution < -0.4 is 10.9 Å². The highest BCUT2D eigenvalue weighted by molar-refractivity contribution is 6.33. The first-order valence-electron chi connectivity index (χ1n) is 9.76. The number of rotatable bonds is 6. The van der Waals surface area contributed by atoms with Crippen molar-refractivity contribution in [2.45, 2.75) is 13.5 Å². The third-order valence-corrected chi connectivity index (χ3v) is 5.21. The van der Waals surface area contributed by atoms with Crippen LogP contribution in [0.15, 0.2) is 70.2 Å². The molecule has 4 rings (SSSR count). The second-order valence-corrected chi connectivity index (χ2v) is 7.42. The summed E-state index contributed by atoms with van der Waals surface area (Å²) >= 11 is 6.23. The average Bonchev–Trinajstić information content (AvgIpc) is 3.17. The topological polar surface area (TPSA) is 90.0 Å². The van der Waals surface area contributed by atoms with Gasteiger partial charge < -0.3 is 9.84 Å². The second-order valence-electron chi connectivity index (χ2n) is 7.01. The number of carbonyl (C=O) groups excluding carboxylic acids is 1. The van der Waals surface area contributed by atoms with Crippen molar-refractivity contribution in [3.63, 3.8) is 0 Å². The van der Waals surface area contributed by atoms with Gasteiger partial charge in [-0.1, -0.05) is 35.0 Å². The molecule has 32 heavy (non-hydrogen) atoms. The largest absolute Gasteiger partial charge is 0.360 e. The molecule has 7 nitrogen and oxygen atoms in total. The molecule has 2 aromatic heterocycles. The molecular weight excluding hydrogens is 435 g/mol. The van der Waals surface area contributed by atoms with Crippen LogP contribution in [-0.4, -0.2) is 27.2 Å². The van der Waals surface area contributed by atoms with E-state index in [4.69, 9.17) is 16.1 Å². The fourth-order valence-corrected chi connectivity index (χ4v) is 3.45. The molecular formula is C23H18ClFN4O3. The first-order valence-corrected chi connectivity index (χ1v) is 10.1. The summed E-state index contributed by atoms with van der Waals surface area (Å²) in [5.41, 5.74) is 2.03. The minimum atomic E-state index is -0.386. The van der Waals surface area contributed by atoms with Crippen LogP contribution in [0.2, 0.25) is 5.02 Å². The molecule has 1 N–H and O–H groups in total. The Labute approximate surface area is 187 Å². The molecule has 0 aliphatic heterocycles. The van der Waals surface area contributed by atoms with Gasteiger partial charge in [-0.25, -0.2) is 9.37 Å². The lowest BCUT2D eigenvalue weighted by Crippen LogP contribution is -2.31. The summed E-state index contributed by atoms with van der Waals surface area (Å²) in [5, 5.41) is 7.21. The van der Waals surface area contributed by atoms with Crippen molar-refractivity contribution >= 4 is 17.5 Å². The van der Waals surface area contributed by atoms with Crippen molar-refractivity contribution in [2.75, 3.05) is 6.54 Å². The van der Waals surface area contributed by atoms with Crippen LogP contribution in [0.4, 0.5) is 4.39 Å². The van der Waals surface area contributed by atoms with Gasteiger partial charge in [0.25, 0.3) is 11.5 Å². The molecule has 0 atom stereocenters. The highest BCUT2D eigenvalue weighted by atomic mass is 35.5. The number of carbonyl (C=O) groups is 1. The van der Waals surface area contributed by atoms with Crippen molar-refractivity contribution in [3.05, 3.63) is 93.4 Å². The van der Waals surface area contributed by atoms with Crippen LogP contribution in [0.3, 0.4) is 0 Å². The van der Waals surface area contributed by atoms with E-state index in [1.54, 1.807) is 43.3 Å². The van der Waals surface area contributed by atoms with Crippen LogP contribution in [-0.2, 0) is 6.54 Å². The molecule has 162 valence electrons. The number of aromatic nitrogens is 3. The molecule has 0 saturated heterocycles. The lowest BCUT2D eigenvalue weighted by Gasteiger charge is -2.09. The maximum absolute atomic E-state index is 13.1. The van der Waals surface area contributed by atoms with E-state index in [9.17, 15) is 14.0 Å². The average molecular weight is 453 g/mol. The number of aryl methyl sites for hydroxylation is 1. The number of hydrogen-bond acceptors (Lipinski definition) is 5. The highest BCUT2D eigenvalue weighted by Gasteiger charge is 2.22. The van der Waals surface area contributed by atoms with Gasteiger partial charge in [0.1, 0.15) is 22.8 Å². The fourth-order valence-electron chi connectivity index (χ4n) is 3.23. The summed E-state index contributed by atoms with van der Waals surface area (Å²) in [5.74, 6) is -0.388. The third kappa shape index (κ3) is 4.45. The molecule has 4 aromatic rings. The zero-order chi connectivity index (χ0) is 22.7. The van der Waals surface area contributed by atoms with E-state index in [1.807, 2.05) is 0 Å². The van der Waals surface area contributed by atoms with Crippen molar-refractivity contribution in [3.8, 4) is 22.5 Å². The van der Waals surface area contributed by atoms with Crippen LogP contribution in [0, 0.1) is 12.7 Å². The van der Waals surface area contributed by atoms with Crippen molar-refractivity contribution in [1.82, 2.24) is 20.0 Å². The first-order chi connectivity index (χ1) is 15.4. The van der Waals surface area contributed by atoms with Gasteiger partial charge in [0.15, 0.2) is 0 Å². The minimum Gasteiger partial charge on any atom is -0.360 e. The third-order valence-electron chi connectivity index (χ3n) is 4.88. The molecule has 0 spiro atoms. The number of nitrogens with one attached hydrogen (secondary N) is 1. The molecule has 0 aliphatic carbocycles. The maximum atomic E-state index is 13.1. The normalized spacial score (nSPS) is 10.8. The number of hydrogen-bond donors (Lipinski definition) is 1. The van der Waals surface area contributed by atoms with Gasteiger partial charge in [0.05, 0.1) is 17.0 Å². The molecule has 0 bridgehead atoms. The van der Waals surface area contributed by atoms with Gasteiger partial charge in [0, 0.05) is 30.3 Å². The first kappa shape index (κ1) is 21.5. The Morgan fingerprint density at radius 3 is 2.66 bits per heavy atom. The monoisotopic (exact) mass is 452 g/mol. The van der Waals surface area contributed by atoms with Gasteiger partial charge in [-0.2, -0.15) is 0 Å². The summed E-state index contributed by atoms with van der Waals surface area (Å²) in [7, 11) is 0. The molecule has 0 saturated carbocycles. The number of benzene rings is 2. The lowest BCUT2D eigenvalue weighted by atomic mass is 10.1. The summed E-state index contributed by atoms with van der Waals surface area (Å²) in [6.45, 7) is 2.04. The molecule has 0 unspecified atom stereocenters. The number of amides is 1. The standard InChI is InChI=1S/C23H18ClFN4O3/c1-14-21(22(28-32-14)17-4-2-3-5-18(17)24)23(31)26-10-11-29-13-27-19(12-20(29)30)15-6-8-16(25)9-7-15/h2-9,12-13H,10-11H2,1H3,(H,26,31). The molecule has 0 aliphatic rings. The smallest absolute Gasteiger partial charge is 0.257 e. The van der Waals surface area contributed by atoms with Gasteiger partial charge in [0.2, 0.25) is 0 Å². The maximum Gasteiger partial charge on any atom is 0.257 e. The summed E-state index contributed by atoms with van der Waals surface area (Å²) in [6.07, 6.45) is 1.40. The zero-order valence-electron chi connectivity index (χ0n) is 17.0. The number of nitrogens with zero attached hydrogens (tertiary/aromatic N) is 3. The predicted molar refractivity (Wildman–Crippen MR) is 118 cm³/mol.